The number of pyridine rings is 1. The summed E-state index contributed by atoms with van der Waals surface area (Å²) in [5, 5.41) is 12.8. The van der Waals surface area contributed by atoms with Gasteiger partial charge in [-0.15, -0.1) is 10.2 Å². The number of nitrogens with one attached hydrogen (secondary N) is 1. The van der Waals surface area contributed by atoms with Crippen LogP contribution in [0.3, 0.4) is 0 Å². The van der Waals surface area contributed by atoms with Crippen LogP contribution in [0.25, 0.3) is 17.1 Å². The maximum Gasteiger partial charge on any atom is 0.234 e. The Balaban J connectivity index is 1.59. The molecule has 4 rings (SSSR count). The average molecular weight is 464 g/mol. The first-order valence-corrected chi connectivity index (χ1v) is 11.4. The Kier molecular flexibility index (Phi) is 6.58. The molecule has 0 aliphatic rings. The molecule has 6 nitrogen and oxygen atoms in total. The molecule has 0 spiro atoms. The van der Waals surface area contributed by atoms with Gasteiger partial charge in [-0.25, -0.2) is 0 Å². The van der Waals surface area contributed by atoms with Crippen LogP contribution in [-0.4, -0.2) is 31.4 Å². The van der Waals surface area contributed by atoms with Gasteiger partial charge in [0.05, 0.1) is 16.5 Å². The van der Waals surface area contributed by atoms with E-state index < -0.39 is 0 Å². The smallest absolute Gasteiger partial charge is 0.234 e. The largest absolute Gasteiger partial charge is 0.324 e. The van der Waals surface area contributed by atoms with Crippen LogP contribution in [0.15, 0.2) is 66.1 Å². The van der Waals surface area contributed by atoms with Gasteiger partial charge in [-0.3, -0.25) is 14.3 Å². The molecule has 0 saturated heterocycles. The third-order valence-electron chi connectivity index (χ3n) is 4.89. The molecule has 0 fully saturated rings. The molecule has 0 atom stereocenters. The van der Waals surface area contributed by atoms with Crippen molar-refractivity contribution in [2.75, 3.05) is 11.1 Å². The van der Waals surface area contributed by atoms with E-state index in [1.807, 2.05) is 73.9 Å². The molecule has 8 heteroatoms. The van der Waals surface area contributed by atoms with Crippen molar-refractivity contribution in [2.24, 2.45) is 0 Å². The molecule has 2 aromatic heterocycles. The molecular formula is C24H22ClN5OS. The highest BCUT2D eigenvalue weighted by Gasteiger charge is 2.18. The van der Waals surface area contributed by atoms with E-state index in [0.717, 1.165) is 27.9 Å². The van der Waals surface area contributed by atoms with Crippen LogP contribution >= 0.6 is 23.4 Å². The van der Waals surface area contributed by atoms with Crippen molar-refractivity contribution < 1.29 is 4.79 Å². The third kappa shape index (κ3) is 4.84. The lowest BCUT2D eigenvalue weighted by Gasteiger charge is -2.12. The summed E-state index contributed by atoms with van der Waals surface area (Å²) in [6.45, 7) is 5.94. The number of benzene rings is 2. The van der Waals surface area contributed by atoms with Gasteiger partial charge in [-0.1, -0.05) is 47.1 Å². The topological polar surface area (TPSA) is 72.7 Å². The summed E-state index contributed by atoms with van der Waals surface area (Å²) in [6.07, 6.45) is 3.44. The van der Waals surface area contributed by atoms with E-state index >= 15 is 0 Å². The summed E-state index contributed by atoms with van der Waals surface area (Å²) >= 11 is 7.65. The first-order valence-electron chi connectivity index (χ1n) is 10.0. The van der Waals surface area contributed by atoms with E-state index in [1.165, 1.54) is 11.8 Å². The van der Waals surface area contributed by atoms with Gasteiger partial charge in [0.1, 0.15) is 0 Å². The third-order valence-corrected chi connectivity index (χ3v) is 6.12. The Morgan fingerprint density at radius 2 is 1.72 bits per heavy atom. The number of anilines is 1. The van der Waals surface area contributed by atoms with Gasteiger partial charge >= 0.3 is 0 Å². The SMILES string of the molecule is Cc1ccc(-n2c(SCC(=O)Nc3c(C)cc(C)cc3Cl)nnc2-c2ccncc2)cc1. The summed E-state index contributed by atoms with van der Waals surface area (Å²) in [6, 6.07) is 15.7. The number of rotatable bonds is 6. The molecule has 0 unspecified atom stereocenters. The second-order valence-electron chi connectivity index (χ2n) is 7.49. The van der Waals surface area contributed by atoms with Crippen molar-refractivity contribution in [3.63, 3.8) is 0 Å². The minimum absolute atomic E-state index is 0.159. The fourth-order valence-electron chi connectivity index (χ4n) is 3.36. The Morgan fingerprint density at radius 1 is 1.00 bits per heavy atom. The molecule has 2 aromatic carbocycles. The Bertz CT molecular complexity index is 1230. The highest BCUT2D eigenvalue weighted by molar-refractivity contribution is 7.99. The highest BCUT2D eigenvalue weighted by Crippen LogP contribution is 2.30. The lowest BCUT2D eigenvalue weighted by atomic mass is 10.1. The molecule has 0 aliphatic heterocycles. The zero-order valence-corrected chi connectivity index (χ0v) is 19.5. The molecule has 162 valence electrons. The lowest BCUT2D eigenvalue weighted by molar-refractivity contribution is -0.113. The first-order chi connectivity index (χ1) is 15.4. The number of hydrogen-bond acceptors (Lipinski definition) is 5. The zero-order chi connectivity index (χ0) is 22.7. The van der Waals surface area contributed by atoms with Crippen LogP contribution in [0.5, 0.6) is 0 Å². The Labute approximate surface area is 196 Å². The lowest BCUT2D eigenvalue weighted by Crippen LogP contribution is -2.16. The molecule has 32 heavy (non-hydrogen) atoms. The van der Waals surface area contributed by atoms with Crippen molar-refractivity contribution in [1.82, 2.24) is 19.7 Å². The second kappa shape index (κ2) is 9.54. The molecule has 0 radical (unpaired) electrons. The molecule has 4 aromatic rings. The van der Waals surface area contributed by atoms with Crippen molar-refractivity contribution >= 4 is 35.0 Å². The van der Waals surface area contributed by atoms with E-state index in [4.69, 9.17) is 11.6 Å². The normalized spacial score (nSPS) is 10.9. The van der Waals surface area contributed by atoms with Crippen LogP contribution in [0.1, 0.15) is 16.7 Å². The fraction of sp³-hybridized carbons (Fsp3) is 0.167. The van der Waals surface area contributed by atoms with Gasteiger partial charge in [-0.05, 0) is 62.2 Å². The van der Waals surface area contributed by atoms with Gasteiger partial charge < -0.3 is 5.32 Å². The Morgan fingerprint density at radius 3 is 2.41 bits per heavy atom. The van der Waals surface area contributed by atoms with Crippen LogP contribution in [-0.2, 0) is 4.79 Å². The monoisotopic (exact) mass is 463 g/mol. The van der Waals surface area contributed by atoms with Gasteiger partial charge in [0.2, 0.25) is 5.91 Å². The molecular weight excluding hydrogens is 442 g/mol. The second-order valence-corrected chi connectivity index (χ2v) is 8.84. The van der Waals surface area contributed by atoms with E-state index in [0.29, 0.717) is 21.7 Å². The van der Waals surface area contributed by atoms with E-state index in [1.54, 1.807) is 12.4 Å². The molecule has 2 heterocycles. The fourth-order valence-corrected chi connectivity index (χ4v) is 4.48. The number of aryl methyl sites for hydroxylation is 3. The van der Waals surface area contributed by atoms with Gasteiger partial charge in [-0.2, -0.15) is 0 Å². The number of aromatic nitrogens is 4. The van der Waals surface area contributed by atoms with Gasteiger partial charge in [0.15, 0.2) is 11.0 Å². The minimum atomic E-state index is -0.159. The summed E-state index contributed by atoms with van der Waals surface area (Å²) in [5.74, 6) is 0.702. The zero-order valence-electron chi connectivity index (χ0n) is 18.0. The summed E-state index contributed by atoms with van der Waals surface area (Å²) < 4.78 is 1.96. The number of carbonyl (C=O) groups is 1. The van der Waals surface area contributed by atoms with Crippen molar-refractivity contribution in [3.05, 3.63) is 82.6 Å². The van der Waals surface area contributed by atoms with Crippen molar-refractivity contribution in [2.45, 2.75) is 25.9 Å². The molecule has 0 bridgehead atoms. The standard InChI is InChI=1S/C24H22ClN5OS/c1-15-4-6-19(7-5-15)30-23(18-8-10-26-11-9-18)28-29-24(30)32-14-21(31)27-22-17(3)12-16(2)13-20(22)25/h4-13H,14H2,1-3H3,(H,27,31). The van der Waals surface area contributed by atoms with Gasteiger partial charge in [0.25, 0.3) is 0 Å². The number of amides is 1. The summed E-state index contributed by atoms with van der Waals surface area (Å²) in [4.78, 5) is 16.8. The maximum atomic E-state index is 12.7. The summed E-state index contributed by atoms with van der Waals surface area (Å²) in [5.41, 5.74) is 5.59. The average Bonchev–Trinajstić information content (AvgIpc) is 3.20. The van der Waals surface area contributed by atoms with Crippen LogP contribution in [0, 0.1) is 20.8 Å². The van der Waals surface area contributed by atoms with Crippen LogP contribution in [0.4, 0.5) is 5.69 Å². The molecule has 0 aliphatic carbocycles. The number of nitrogens with zero attached hydrogens (tertiary/aromatic N) is 4. The van der Waals surface area contributed by atoms with E-state index in [9.17, 15) is 4.79 Å². The molecule has 1 amide bonds. The quantitative estimate of drug-likeness (QED) is 0.374. The van der Waals surface area contributed by atoms with Gasteiger partial charge in [0, 0.05) is 23.6 Å². The minimum Gasteiger partial charge on any atom is -0.324 e. The molecule has 0 saturated carbocycles. The highest BCUT2D eigenvalue weighted by atomic mass is 35.5. The number of hydrogen-bond donors (Lipinski definition) is 1. The molecule has 1 N–H and O–H groups in total. The van der Waals surface area contributed by atoms with Crippen molar-refractivity contribution in [1.29, 1.82) is 0 Å². The van der Waals surface area contributed by atoms with E-state index in [-0.39, 0.29) is 11.7 Å². The van der Waals surface area contributed by atoms with E-state index in [2.05, 4.69) is 20.5 Å². The summed E-state index contributed by atoms with van der Waals surface area (Å²) in [7, 11) is 0. The predicted octanol–water partition coefficient (Wildman–Crippen LogP) is 5.64. The maximum absolute atomic E-state index is 12.7. The predicted molar refractivity (Wildman–Crippen MR) is 130 cm³/mol. The van der Waals surface area contributed by atoms with Crippen LogP contribution < -0.4 is 5.32 Å². The number of thioether (sulfide) groups is 1. The first kappa shape index (κ1) is 22.0. The Hall–Kier alpha value is -3.16. The van der Waals surface area contributed by atoms with Crippen molar-refractivity contribution in [3.8, 4) is 17.1 Å². The number of halogens is 1. The number of carbonyl (C=O) groups excluding carboxylic acids is 1. The van der Waals surface area contributed by atoms with Crippen LogP contribution in [0.2, 0.25) is 5.02 Å².